The molecule has 16 heavy (non-hydrogen) atoms. The van der Waals surface area contributed by atoms with E-state index in [2.05, 4.69) is 25.8 Å². The lowest BCUT2D eigenvalue weighted by Crippen LogP contribution is -2.17. The number of aliphatic imine (C=N–C) groups is 1. The van der Waals surface area contributed by atoms with Crippen molar-refractivity contribution in [3.8, 4) is 0 Å². The van der Waals surface area contributed by atoms with Gasteiger partial charge in [-0.05, 0) is 25.7 Å². The molecule has 0 heterocycles. The van der Waals surface area contributed by atoms with Crippen LogP contribution in [0.3, 0.4) is 0 Å². The number of hydrogen-bond donors (Lipinski definition) is 0. The molecule has 0 bridgehead atoms. The second-order valence-electron chi connectivity index (χ2n) is 4.32. The van der Waals surface area contributed by atoms with E-state index in [1.807, 2.05) is 0 Å². The molecule has 0 N–H and O–H groups in total. The topological polar surface area (TPSA) is 38.7 Å². The quantitative estimate of drug-likeness (QED) is 0.449. The summed E-state index contributed by atoms with van der Waals surface area (Å²) in [6.07, 6.45) is 4.64. The lowest BCUT2D eigenvalue weighted by Gasteiger charge is -2.16. The Bertz CT molecular complexity index is 214. The molecule has 0 saturated carbocycles. The van der Waals surface area contributed by atoms with Gasteiger partial charge in [0.15, 0.2) is 0 Å². The van der Waals surface area contributed by atoms with Crippen molar-refractivity contribution < 1.29 is 9.53 Å². The molecule has 94 valence electrons. The van der Waals surface area contributed by atoms with Crippen molar-refractivity contribution in [1.82, 2.24) is 0 Å². The molecule has 0 amide bonds. The molecule has 2 atom stereocenters. The van der Waals surface area contributed by atoms with Crippen LogP contribution < -0.4 is 0 Å². The molecule has 0 aromatic carbocycles. The summed E-state index contributed by atoms with van der Waals surface area (Å²) < 4.78 is 5.08. The zero-order chi connectivity index (χ0) is 12.4. The maximum Gasteiger partial charge on any atom is 0.120 e. The van der Waals surface area contributed by atoms with Crippen LogP contribution in [0.5, 0.6) is 0 Å². The molecular weight excluding hydrogens is 202 g/mol. The minimum atomic E-state index is 0.213. The van der Waals surface area contributed by atoms with Crippen molar-refractivity contribution in [2.45, 2.75) is 52.5 Å². The highest BCUT2D eigenvalue weighted by atomic mass is 16.5. The monoisotopic (exact) mass is 227 g/mol. The van der Waals surface area contributed by atoms with Gasteiger partial charge >= 0.3 is 0 Å². The van der Waals surface area contributed by atoms with Crippen molar-refractivity contribution in [3.63, 3.8) is 0 Å². The van der Waals surface area contributed by atoms with Crippen molar-refractivity contribution in [3.05, 3.63) is 0 Å². The Hall–Kier alpha value is -0.700. The van der Waals surface area contributed by atoms with E-state index in [1.165, 1.54) is 5.71 Å². The third-order valence-electron chi connectivity index (χ3n) is 2.59. The first-order chi connectivity index (χ1) is 7.65. The fourth-order valence-corrected chi connectivity index (χ4v) is 1.74. The SMILES string of the molecule is CCCC(=NC(C)COC)C(C)CCC=O. The predicted octanol–water partition coefficient (Wildman–Crippen LogP) is 2.88. The maximum absolute atomic E-state index is 10.4. The number of carbonyl (C=O) groups excluding carboxylic acids is 1. The van der Waals surface area contributed by atoms with E-state index in [9.17, 15) is 4.79 Å². The van der Waals surface area contributed by atoms with Crippen LogP contribution in [0.2, 0.25) is 0 Å². The van der Waals surface area contributed by atoms with Gasteiger partial charge in [-0.15, -0.1) is 0 Å². The van der Waals surface area contributed by atoms with Gasteiger partial charge in [-0.3, -0.25) is 4.99 Å². The Labute approximate surface area is 99.3 Å². The van der Waals surface area contributed by atoms with Gasteiger partial charge in [-0.25, -0.2) is 0 Å². The molecule has 0 aliphatic rings. The third-order valence-corrected chi connectivity index (χ3v) is 2.59. The molecule has 0 aliphatic heterocycles. The number of aldehydes is 1. The highest BCUT2D eigenvalue weighted by molar-refractivity contribution is 5.86. The standard InChI is InChI=1S/C13H25NO2/c1-5-7-13(11(2)8-6-9-15)14-12(3)10-16-4/h9,11-12H,5-8,10H2,1-4H3. The fraction of sp³-hybridized carbons (Fsp3) is 0.846. The third kappa shape index (κ3) is 6.72. The van der Waals surface area contributed by atoms with Crippen molar-refractivity contribution >= 4 is 12.0 Å². The minimum Gasteiger partial charge on any atom is -0.382 e. The summed E-state index contributed by atoms with van der Waals surface area (Å²) in [5.41, 5.74) is 1.23. The lowest BCUT2D eigenvalue weighted by molar-refractivity contribution is -0.108. The van der Waals surface area contributed by atoms with Crippen molar-refractivity contribution in [2.75, 3.05) is 13.7 Å². The van der Waals surface area contributed by atoms with Gasteiger partial charge in [-0.2, -0.15) is 0 Å². The summed E-state index contributed by atoms with van der Waals surface area (Å²) in [5.74, 6) is 0.407. The summed E-state index contributed by atoms with van der Waals surface area (Å²) in [6, 6.07) is 0.213. The van der Waals surface area contributed by atoms with Crippen LogP contribution in [-0.2, 0) is 9.53 Å². The Balaban J connectivity index is 4.37. The zero-order valence-corrected chi connectivity index (χ0v) is 11.0. The maximum atomic E-state index is 10.4. The highest BCUT2D eigenvalue weighted by Crippen LogP contribution is 2.13. The predicted molar refractivity (Wildman–Crippen MR) is 68.1 cm³/mol. The summed E-state index contributed by atoms with van der Waals surface area (Å²) in [7, 11) is 1.70. The van der Waals surface area contributed by atoms with Gasteiger partial charge in [0.1, 0.15) is 6.29 Å². The van der Waals surface area contributed by atoms with Crippen LogP contribution in [0.25, 0.3) is 0 Å². The average Bonchev–Trinajstić information content (AvgIpc) is 2.25. The Kier molecular flexibility index (Phi) is 9.10. The first kappa shape index (κ1) is 15.3. The normalized spacial score (nSPS) is 15.9. The van der Waals surface area contributed by atoms with Crippen LogP contribution in [-0.4, -0.2) is 31.8 Å². The molecule has 2 unspecified atom stereocenters. The van der Waals surface area contributed by atoms with E-state index >= 15 is 0 Å². The number of hydrogen-bond acceptors (Lipinski definition) is 3. The minimum absolute atomic E-state index is 0.213. The molecule has 3 nitrogen and oxygen atoms in total. The van der Waals surface area contributed by atoms with Gasteiger partial charge < -0.3 is 9.53 Å². The molecular formula is C13H25NO2. The number of carbonyl (C=O) groups is 1. The largest absolute Gasteiger partial charge is 0.382 e. The average molecular weight is 227 g/mol. The Morgan fingerprint density at radius 2 is 2.12 bits per heavy atom. The van der Waals surface area contributed by atoms with E-state index in [1.54, 1.807) is 7.11 Å². The zero-order valence-electron chi connectivity index (χ0n) is 11.0. The van der Waals surface area contributed by atoms with E-state index in [0.717, 1.165) is 25.5 Å². The summed E-state index contributed by atoms with van der Waals surface area (Å²) >= 11 is 0. The number of methoxy groups -OCH3 is 1. The van der Waals surface area contributed by atoms with E-state index in [4.69, 9.17) is 4.74 Å². The van der Waals surface area contributed by atoms with Gasteiger partial charge in [0.2, 0.25) is 0 Å². The van der Waals surface area contributed by atoms with Crippen LogP contribution >= 0.6 is 0 Å². The van der Waals surface area contributed by atoms with E-state index in [-0.39, 0.29) is 6.04 Å². The van der Waals surface area contributed by atoms with Gasteiger partial charge in [0.05, 0.1) is 12.6 Å². The number of rotatable bonds is 9. The highest BCUT2D eigenvalue weighted by Gasteiger charge is 2.11. The first-order valence-electron chi connectivity index (χ1n) is 6.14. The molecule has 0 radical (unpaired) electrons. The van der Waals surface area contributed by atoms with Crippen molar-refractivity contribution in [1.29, 1.82) is 0 Å². The summed E-state index contributed by atoms with van der Waals surface area (Å²) in [4.78, 5) is 15.0. The van der Waals surface area contributed by atoms with Gasteiger partial charge in [0, 0.05) is 19.2 Å². The van der Waals surface area contributed by atoms with Crippen molar-refractivity contribution in [2.24, 2.45) is 10.9 Å². The fourth-order valence-electron chi connectivity index (χ4n) is 1.74. The number of nitrogens with zero attached hydrogens (tertiary/aromatic N) is 1. The number of ether oxygens (including phenoxy) is 1. The molecule has 0 aromatic heterocycles. The molecule has 3 heteroatoms. The van der Waals surface area contributed by atoms with Crippen LogP contribution in [0, 0.1) is 5.92 Å². The van der Waals surface area contributed by atoms with E-state index in [0.29, 0.717) is 18.9 Å². The first-order valence-corrected chi connectivity index (χ1v) is 6.14. The van der Waals surface area contributed by atoms with Crippen LogP contribution in [0.1, 0.15) is 46.5 Å². The molecule has 0 fully saturated rings. The van der Waals surface area contributed by atoms with Crippen LogP contribution in [0.15, 0.2) is 4.99 Å². The Morgan fingerprint density at radius 3 is 2.62 bits per heavy atom. The second kappa shape index (κ2) is 9.52. The molecule has 0 aromatic rings. The Morgan fingerprint density at radius 1 is 1.44 bits per heavy atom. The molecule has 0 saturated heterocycles. The lowest BCUT2D eigenvalue weighted by atomic mass is 9.96. The molecule has 0 rings (SSSR count). The van der Waals surface area contributed by atoms with Gasteiger partial charge in [-0.1, -0.05) is 20.3 Å². The van der Waals surface area contributed by atoms with E-state index < -0.39 is 0 Å². The molecule has 0 spiro atoms. The summed E-state index contributed by atoms with van der Waals surface area (Å²) in [5, 5.41) is 0. The smallest absolute Gasteiger partial charge is 0.120 e. The molecule has 0 aliphatic carbocycles. The van der Waals surface area contributed by atoms with Crippen LogP contribution in [0.4, 0.5) is 0 Å². The van der Waals surface area contributed by atoms with Gasteiger partial charge in [0.25, 0.3) is 0 Å². The summed E-state index contributed by atoms with van der Waals surface area (Å²) in [6.45, 7) is 7.03. The second-order valence-corrected chi connectivity index (χ2v) is 4.32.